The first-order valence-electron chi connectivity index (χ1n) is 4.72. The summed E-state index contributed by atoms with van der Waals surface area (Å²) < 4.78 is 4.38. The molecule has 8 nitrogen and oxygen atoms in total. The molecule has 2 N–H and O–H groups in total. The van der Waals surface area contributed by atoms with E-state index in [1.807, 2.05) is 0 Å². The Bertz CT molecular complexity index is 378. The van der Waals surface area contributed by atoms with E-state index in [4.69, 9.17) is 10.2 Å². The van der Waals surface area contributed by atoms with Crippen LogP contribution in [0.25, 0.3) is 0 Å². The van der Waals surface area contributed by atoms with Gasteiger partial charge in [-0.15, -0.1) is 0 Å². The van der Waals surface area contributed by atoms with Crippen molar-refractivity contribution < 1.29 is 29.3 Å². The highest BCUT2D eigenvalue weighted by molar-refractivity contribution is 5.84. The van der Waals surface area contributed by atoms with Crippen LogP contribution in [0.5, 0.6) is 0 Å². The molecular weight excluding hydrogens is 232 g/mol. The maximum absolute atomic E-state index is 11.0. The maximum atomic E-state index is 11.0. The summed E-state index contributed by atoms with van der Waals surface area (Å²) in [5.74, 6) is -0.724. The second-order valence-corrected chi connectivity index (χ2v) is 3.30. The van der Waals surface area contributed by atoms with E-state index in [-0.39, 0.29) is 25.3 Å². The number of piperazine rings is 1. The molecule has 0 aromatic heterocycles. The van der Waals surface area contributed by atoms with Gasteiger partial charge < -0.3 is 19.8 Å². The zero-order chi connectivity index (χ0) is 13.0. The Labute approximate surface area is 96.7 Å². The van der Waals surface area contributed by atoms with Crippen LogP contribution in [-0.4, -0.2) is 64.9 Å². The van der Waals surface area contributed by atoms with Crippen LogP contribution < -0.4 is 0 Å². The second-order valence-electron chi connectivity index (χ2n) is 3.30. The van der Waals surface area contributed by atoms with Crippen LogP contribution in [-0.2, 0) is 9.53 Å². The van der Waals surface area contributed by atoms with E-state index in [9.17, 15) is 14.4 Å². The molecule has 0 aliphatic carbocycles. The summed E-state index contributed by atoms with van der Waals surface area (Å²) in [6, 6.07) is 0. The van der Waals surface area contributed by atoms with Crippen molar-refractivity contribution in [2.75, 3.05) is 26.7 Å². The standard InChI is InChI=1S/C9H12N2O6/c1-17-7(12)4-6-5-10(8(13)14)2-3-11(6)9(15)16/h4H,2-3,5H2,1H3,(H,13,14)(H,15,16). The molecule has 8 heteroatoms. The lowest BCUT2D eigenvalue weighted by Crippen LogP contribution is -2.48. The molecule has 0 saturated carbocycles. The van der Waals surface area contributed by atoms with Gasteiger partial charge in [-0.3, -0.25) is 4.90 Å². The minimum absolute atomic E-state index is 0.00946. The quantitative estimate of drug-likeness (QED) is 0.497. The number of methoxy groups -OCH3 is 1. The van der Waals surface area contributed by atoms with Gasteiger partial charge in [-0.1, -0.05) is 0 Å². The number of carbonyl (C=O) groups excluding carboxylic acids is 1. The van der Waals surface area contributed by atoms with Crippen molar-refractivity contribution in [3.8, 4) is 0 Å². The van der Waals surface area contributed by atoms with Gasteiger partial charge in [0.15, 0.2) is 0 Å². The van der Waals surface area contributed by atoms with Crippen molar-refractivity contribution >= 4 is 18.2 Å². The fourth-order valence-corrected chi connectivity index (χ4v) is 1.42. The van der Waals surface area contributed by atoms with Crippen molar-refractivity contribution in [1.29, 1.82) is 0 Å². The fraction of sp³-hybridized carbons (Fsp3) is 0.444. The van der Waals surface area contributed by atoms with E-state index in [0.29, 0.717) is 0 Å². The molecule has 0 aromatic carbocycles. The summed E-state index contributed by atoms with van der Waals surface area (Å²) in [5.41, 5.74) is 0.0815. The molecule has 0 unspecified atom stereocenters. The van der Waals surface area contributed by atoms with Crippen molar-refractivity contribution in [3.05, 3.63) is 11.8 Å². The van der Waals surface area contributed by atoms with E-state index < -0.39 is 18.2 Å². The van der Waals surface area contributed by atoms with Crippen LogP contribution in [0.2, 0.25) is 0 Å². The number of esters is 1. The molecule has 2 amide bonds. The molecule has 1 fully saturated rings. The molecule has 0 bridgehead atoms. The monoisotopic (exact) mass is 244 g/mol. The Balaban J connectivity index is 2.91. The zero-order valence-corrected chi connectivity index (χ0v) is 9.12. The minimum Gasteiger partial charge on any atom is -0.466 e. The Kier molecular flexibility index (Phi) is 3.91. The van der Waals surface area contributed by atoms with Gasteiger partial charge in [-0.25, -0.2) is 14.4 Å². The molecular formula is C9H12N2O6. The lowest BCUT2D eigenvalue weighted by atomic mass is 10.2. The summed E-state index contributed by atoms with van der Waals surface area (Å²) in [5, 5.41) is 17.7. The molecule has 1 heterocycles. The van der Waals surface area contributed by atoms with Crippen LogP contribution in [0.15, 0.2) is 11.8 Å². The average Bonchev–Trinajstić information content (AvgIpc) is 2.28. The van der Waals surface area contributed by atoms with Crippen molar-refractivity contribution in [2.45, 2.75) is 0 Å². The van der Waals surface area contributed by atoms with E-state index in [1.165, 1.54) is 0 Å². The molecule has 0 atom stereocenters. The SMILES string of the molecule is COC(=O)C=C1CN(C(=O)O)CCN1C(=O)O. The van der Waals surface area contributed by atoms with E-state index in [1.54, 1.807) is 0 Å². The van der Waals surface area contributed by atoms with Crippen LogP contribution in [0.3, 0.4) is 0 Å². The lowest BCUT2D eigenvalue weighted by molar-refractivity contribution is -0.135. The number of hydrogen-bond donors (Lipinski definition) is 2. The van der Waals surface area contributed by atoms with E-state index >= 15 is 0 Å². The van der Waals surface area contributed by atoms with Gasteiger partial charge in [-0.2, -0.15) is 0 Å². The summed E-state index contributed by atoms with van der Waals surface area (Å²) in [4.78, 5) is 34.6. The smallest absolute Gasteiger partial charge is 0.411 e. The van der Waals surface area contributed by atoms with Gasteiger partial charge in [0, 0.05) is 19.2 Å². The second kappa shape index (κ2) is 5.19. The zero-order valence-electron chi connectivity index (χ0n) is 9.12. The van der Waals surface area contributed by atoms with Crippen LogP contribution in [0.1, 0.15) is 0 Å². The molecule has 1 aliphatic heterocycles. The topological polar surface area (TPSA) is 107 Å². The first-order valence-corrected chi connectivity index (χ1v) is 4.72. The molecule has 17 heavy (non-hydrogen) atoms. The molecule has 0 radical (unpaired) electrons. The van der Waals surface area contributed by atoms with Crippen LogP contribution in [0.4, 0.5) is 9.59 Å². The van der Waals surface area contributed by atoms with Gasteiger partial charge in [0.2, 0.25) is 0 Å². The van der Waals surface area contributed by atoms with Crippen molar-refractivity contribution in [3.63, 3.8) is 0 Å². The van der Waals surface area contributed by atoms with Gasteiger partial charge in [0.1, 0.15) is 0 Å². The third-order valence-corrected chi connectivity index (χ3v) is 2.28. The fourth-order valence-electron chi connectivity index (χ4n) is 1.42. The maximum Gasteiger partial charge on any atom is 0.411 e. The van der Waals surface area contributed by atoms with Gasteiger partial charge in [0.05, 0.1) is 19.4 Å². The normalized spacial score (nSPS) is 18.1. The number of hydrogen-bond acceptors (Lipinski definition) is 4. The first kappa shape index (κ1) is 12.8. The third kappa shape index (κ3) is 3.10. The number of amides is 2. The predicted molar refractivity (Wildman–Crippen MR) is 54.4 cm³/mol. The highest BCUT2D eigenvalue weighted by atomic mass is 16.5. The Morgan fingerprint density at radius 3 is 2.35 bits per heavy atom. The Hall–Kier alpha value is -2.25. The Morgan fingerprint density at radius 2 is 1.88 bits per heavy atom. The summed E-state index contributed by atoms with van der Waals surface area (Å²) in [6.45, 7) is -0.0959. The number of carboxylic acid groups (broad SMARTS) is 2. The van der Waals surface area contributed by atoms with E-state index in [0.717, 1.165) is 23.0 Å². The number of nitrogens with zero attached hydrogens (tertiary/aromatic N) is 2. The lowest BCUT2D eigenvalue weighted by Gasteiger charge is -2.33. The number of carbonyl (C=O) groups is 3. The van der Waals surface area contributed by atoms with Gasteiger partial charge in [-0.05, 0) is 0 Å². The van der Waals surface area contributed by atoms with Gasteiger partial charge in [0.25, 0.3) is 0 Å². The third-order valence-electron chi connectivity index (χ3n) is 2.28. The summed E-state index contributed by atoms with van der Waals surface area (Å²) in [7, 11) is 1.16. The average molecular weight is 244 g/mol. The number of rotatable bonds is 1. The van der Waals surface area contributed by atoms with E-state index in [2.05, 4.69) is 4.74 Å². The van der Waals surface area contributed by atoms with Crippen LogP contribution >= 0.6 is 0 Å². The molecule has 1 aliphatic rings. The Morgan fingerprint density at radius 1 is 1.24 bits per heavy atom. The molecule has 0 spiro atoms. The largest absolute Gasteiger partial charge is 0.466 e. The summed E-state index contributed by atoms with van der Waals surface area (Å²) >= 11 is 0. The molecule has 1 saturated heterocycles. The van der Waals surface area contributed by atoms with Crippen molar-refractivity contribution in [2.24, 2.45) is 0 Å². The van der Waals surface area contributed by atoms with Crippen LogP contribution in [0, 0.1) is 0 Å². The molecule has 1 rings (SSSR count). The molecule has 94 valence electrons. The predicted octanol–water partition coefficient (Wildman–Crippen LogP) is 0.0169. The highest BCUT2D eigenvalue weighted by Crippen LogP contribution is 2.14. The van der Waals surface area contributed by atoms with Crippen molar-refractivity contribution in [1.82, 2.24) is 9.80 Å². The minimum atomic E-state index is -1.23. The highest BCUT2D eigenvalue weighted by Gasteiger charge is 2.28. The van der Waals surface area contributed by atoms with Gasteiger partial charge >= 0.3 is 18.2 Å². The summed E-state index contributed by atoms with van der Waals surface area (Å²) in [6.07, 6.45) is -1.42. The number of ether oxygens (including phenoxy) is 1. The molecule has 0 aromatic rings. The first-order chi connectivity index (χ1) is 7.95.